The molecule has 0 aliphatic heterocycles. The van der Waals surface area contributed by atoms with E-state index in [4.69, 9.17) is 15.6 Å². The Bertz CT molecular complexity index is 407. The van der Waals surface area contributed by atoms with E-state index in [0.717, 1.165) is 5.69 Å². The van der Waals surface area contributed by atoms with E-state index in [1.165, 1.54) is 0 Å². The minimum Gasteiger partial charge on any atom is -0.480 e. The number of carbonyl (C=O) groups is 1. The highest BCUT2D eigenvalue weighted by Gasteiger charge is 2.12. The fraction of sp³-hybridized carbons (Fsp3) is 0.500. The third-order valence-electron chi connectivity index (χ3n) is 2.56. The average Bonchev–Trinajstić information content (AvgIpc) is 2.33. The van der Waals surface area contributed by atoms with Crippen molar-refractivity contribution in [1.29, 1.82) is 0 Å². The molecule has 1 rings (SSSR count). The summed E-state index contributed by atoms with van der Waals surface area (Å²) in [7, 11) is 0. The van der Waals surface area contributed by atoms with Crippen molar-refractivity contribution in [1.82, 2.24) is 0 Å². The first-order valence-electron chi connectivity index (χ1n) is 6.39. The van der Waals surface area contributed by atoms with Crippen LogP contribution in [0.25, 0.3) is 0 Å². The summed E-state index contributed by atoms with van der Waals surface area (Å²) in [6, 6.07) is 7.25. The summed E-state index contributed by atoms with van der Waals surface area (Å²) in [5, 5.41) is 8.96. The fourth-order valence-electron chi connectivity index (χ4n) is 1.72. The summed E-state index contributed by atoms with van der Waals surface area (Å²) in [6.45, 7) is 5.73. The minimum absolute atomic E-state index is 0.0841. The van der Waals surface area contributed by atoms with Gasteiger partial charge < -0.3 is 20.5 Å². The van der Waals surface area contributed by atoms with Crippen LogP contribution in [0, 0.1) is 5.92 Å². The predicted octanol–water partition coefficient (Wildman–Crippen LogP) is 1.83. The van der Waals surface area contributed by atoms with Crippen molar-refractivity contribution in [3.63, 3.8) is 0 Å². The zero-order valence-corrected chi connectivity index (χ0v) is 11.5. The maximum atomic E-state index is 10.9. The van der Waals surface area contributed by atoms with Gasteiger partial charge in [-0.25, -0.2) is 0 Å². The monoisotopic (exact) mass is 266 g/mol. The van der Waals surface area contributed by atoms with Gasteiger partial charge in [-0.1, -0.05) is 26.0 Å². The van der Waals surface area contributed by atoms with Gasteiger partial charge >= 0.3 is 5.97 Å². The van der Waals surface area contributed by atoms with Crippen LogP contribution in [0.5, 0.6) is 0 Å². The Labute approximate surface area is 114 Å². The van der Waals surface area contributed by atoms with Crippen molar-refractivity contribution >= 4 is 17.3 Å². The molecule has 106 valence electrons. The number of hydrogen-bond acceptors (Lipinski definition) is 4. The average molecular weight is 266 g/mol. The Morgan fingerprint density at radius 3 is 2.68 bits per heavy atom. The van der Waals surface area contributed by atoms with Gasteiger partial charge in [-0.05, 0) is 18.1 Å². The second kappa shape index (κ2) is 7.63. The lowest BCUT2D eigenvalue weighted by molar-refractivity contribution is -0.135. The predicted molar refractivity (Wildman–Crippen MR) is 76.4 cm³/mol. The maximum absolute atomic E-state index is 10.9. The van der Waals surface area contributed by atoms with Crippen LogP contribution < -0.4 is 10.6 Å². The Morgan fingerprint density at radius 2 is 2.11 bits per heavy atom. The van der Waals surface area contributed by atoms with Crippen LogP contribution in [0.15, 0.2) is 24.3 Å². The third kappa shape index (κ3) is 5.61. The second-order valence-electron chi connectivity index (χ2n) is 4.84. The topological polar surface area (TPSA) is 75.8 Å². The Hall–Kier alpha value is -1.75. The van der Waals surface area contributed by atoms with E-state index < -0.39 is 5.97 Å². The molecule has 0 spiro atoms. The highest BCUT2D eigenvalue weighted by molar-refractivity contribution is 5.77. The molecule has 0 amide bonds. The van der Waals surface area contributed by atoms with E-state index in [1.54, 1.807) is 11.0 Å². The molecule has 19 heavy (non-hydrogen) atoms. The Morgan fingerprint density at radius 1 is 1.42 bits per heavy atom. The van der Waals surface area contributed by atoms with Gasteiger partial charge in [0.15, 0.2) is 0 Å². The zero-order valence-electron chi connectivity index (χ0n) is 11.5. The van der Waals surface area contributed by atoms with Crippen LogP contribution in [0.2, 0.25) is 0 Å². The summed E-state index contributed by atoms with van der Waals surface area (Å²) in [5.74, 6) is -0.415. The molecule has 0 unspecified atom stereocenters. The van der Waals surface area contributed by atoms with Gasteiger partial charge in [-0.2, -0.15) is 0 Å². The van der Waals surface area contributed by atoms with Gasteiger partial charge in [0.25, 0.3) is 0 Å². The number of nitrogens with zero attached hydrogens (tertiary/aromatic N) is 1. The van der Waals surface area contributed by atoms with Crippen LogP contribution in [0.3, 0.4) is 0 Å². The number of ether oxygens (including phenoxy) is 1. The van der Waals surface area contributed by atoms with Crippen molar-refractivity contribution in [2.75, 3.05) is 36.9 Å². The number of para-hydroxylation sites is 2. The first-order chi connectivity index (χ1) is 9.00. The number of carboxylic acid groups (broad SMARTS) is 1. The highest BCUT2D eigenvalue weighted by Crippen LogP contribution is 2.21. The van der Waals surface area contributed by atoms with E-state index in [-0.39, 0.29) is 6.54 Å². The maximum Gasteiger partial charge on any atom is 0.323 e. The van der Waals surface area contributed by atoms with Crippen molar-refractivity contribution in [3.05, 3.63) is 24.3 Å². The molecule has 0 fully saturated rings. The normalized spacial score (nSPS) is 10.7. The smallest absolute Gasteiger partial charge is 0.323 e. The SMILES string of the molecule is CC(C)COCCN(CC(=O)O)c1ccccc1N. The summed E-state index contributed by atoms with van der Waals surface area (Å²) in [5.41, 5.74) is 7.19. The number of nitrogen functional groups attached to an aromatic ring is 1. The van der Waals surface area contributed by atoms with Gasteiger partial charge in [-0.3, -0.25) is 4.79 Å². The molecule has 0 saturated carbocycles. The quantitative estimate of drug-likeness (QED) is 0.554. The lowest BCUT2D eigenvalue weighted by Crippen LogP contribution is -2.33. The van der Waals surface area contributed by atoms with E-state index in [9.17, 15) is 4.79 Å². The molecule has 1 aromatic rings. The highest BCUT2D eigenvalue weighted by atomic mass is 16.5. The van der Waals surface area contributed by atoms with Crippen molar-refractivity contribution in [2.24, 2.45) is 5.92 Å². The first kappa shape index (κ1) is 15.3. The van der Waals surface area contributed by atoms with Gasteiger partial charge in [0, 0.05) is 13.2 Å². The molecule has 3 N–H and O–H groups in total. The lowest BCUT2D eigenvalue weighted by atomic mass is 10.2. The van der Waals surface area contributed by atoms with Crippen LogP contribution in [-0.4, -0.2) is 37.4 Å². The Kier molecular flexibility index (Phi) is 6.15. The molecule has 0 atom stereocenters. The number of hydrogen-bond donors (Lipinski definition) is 2. The third-order valence-corrected chi connectivity index (χ3v) is 2.56. The van der Waals surface area contributed by atoms with Gasteiger partial charge in [-0.15, -0.1) is 0 Å². The largest absolute Gasteiger partial charge is 0.480 e. The molecular formula is C14H22N2O3. The molecule has 0 saturated heterocycles. The number of rotatable bonds is 8. The summed E-state index contributed by atoms with van der Waals surface area (Å²) in [4.78, 5) is 12.6. The van der Waals surface area contributed by atoms with Crippen molar-refractivity contribution in [2.45, 2.75) is 13.8 Å². The zero-order chi connectivity index (χ0) is 14.3. The summed E-state index contributed by atoms with van der Waals surface area (Å²) >= 11 is 0. The number of aliphatic carboxylic acids is 1. The minimum atomic E-state index is -0.882. The number of benzene rings is 1. The van der Waals surface area contributed by atoms with Gasteiger partial charge in [0.2, 0.25) is 0 Å². The van der Waals surface area contributed by atoms with Crippen molar-refractivity contribution < 1.29 is 14.6 Å². The van der Waals surface area contributed by atoms with Crippen molar-refractivity contribution in [3.8, 4) is 0 Å². The fourth-order valence-corrected chi connectivity index (χ4v) is 1.72. The number of nitrogens with two attached hydrogens (primary N) is 1. The number of carboxylic acids is 1. The summed E-state index contributed by atoms with van der Waals surface area (Å²) in [6.07, 6.45) is 0. The second-order valence-corrected chi connectivity index (χ2v) is 4.84. The van der Waals surface area contributed by atoms with Crippen LogP contribution in [0.1, 0.15) is 13.8 Å². The van der Waals surface area contributed by atoms with E-state index >= 15 is 0 Å². The molecule has 5 heteroatoms. The molecule has 0 radical (unpaired) electrons. The van der Waals surface area contributed by atoms with E-state index in [1.807, 2.05) is 18.2 Å². The molecule has 0 bridgehead atoms. The van der Waals surface area contributed by atoms with E-state index in [2.05, 4.69) is 13.8 Å². The van der Waals surface area contributed by atoms with Gasteiger partial charge in [0.1, 0.15) is 6.54 Å². The molecule has 0 aliphatic rings. The van der Waals surface area contributed by atoms with Crippen LogP contribution in [0.4, 0.5) is 11.4 Å². The van der Waals surface area contributed by atoms with E-state index in [0.29, 0.717) is 31.4 Å². The lowest BCUT2D eigenvalue weighted by Gasteiger charge is -2.24. The molecule has 0 heterocycles. The molecule has 1 aromatic carbocycles. The standard InChI is InChI=1S/C14H22N2O3/c1-11(2)10-19-8-7-16(9-14(17)18)13-6-4-3-5-12(13)15/h3-6,11H,7-10,15H2,1-2H3,(H,17,18). The molecule has 0 aromatic heterocycles. The van der Waals surface area contributed by atoms with Gasteiger partial charge in [0.05, 0.1) is 18.0 Å². The van der Waals surface area contributed by atoms with Crippen LogP contribution >= 0.6 is 0 Å². The summed E-state index contributed by atoms with van der Waals surface area (Å²) < 4.78 is 5.49. The first-order valence-corrected chi connectivity index (χ1v) is 6.39. The number of anilines is 2. The molecule has 0 aliphatic carbocycles. The Balaban J connectivity index is 2.62. The van der Waals surface area contributed by atoms with Crippen LogP contribution in [-0.2, 0) is 9.53 Å². The molecular weight excluding hydrogens is 244 g/mol. The molecule has 5 nitrogen and oxygen atoms in total.